The maximum atomic E-state index is 13.5. The summed E-state index contributed by atoms with van der Waals surface area (Å²) in [4.78, 5) is 2.17. The maximum Gasteiger partial charge on any atom is 0.160 e. The van der Waals surface area contributed by atoms with Crippen LogP contribution in [-0.2, 0) is 0 Å². The first-order chi connectivity index (χ1) is 10.1. The number of rotatable bonds is 2. The highest BCUT2D eigenvalue weighted by Crippen LogP contribution is 2.31. The molecule has 1 aliphatic heterocycles. The normalized spacial score (nSPS) is 18.8. The molecule has 1 fully saturated rings. The Hall–Kier alpha value is -1.29. The predicted octanol–water partition coefficient (Wildman–Crippen LogP) is 4.28. The largest absolute Gasteiger partial charge is 0.368 e. The van der Waals surface area contributed by atoms with Gasteiger partial charge in [-0.3, -0.25) is 0 Å². The minimum Gasteiger partial charge on any atom is -0.368 e. The Labute approximate surface area is 133 Å². The zero-order valence-electron chi connectivity index (χ0n) is 11.3. The Morgan fingerprint density at radius 2 is 1.76 bits per heavy atom. The van der Waals surface area contributed by atoms with E-state index in [0.717, 1.165) is 25.3 Å². The average Bonchev–Trinajstić information content (AvgIpc) is 2.53. The molecule has 0 aliphatic carbocycles. The predicted molar refractivity (Wildman–Crippen MR) is 85.8 cm³/mol. The van der Waals surface area contributed by atoms with E-state index >= 15 is 0 Å². The van der Waals surface area contributed by atoms with Crippen molar-refractivity contribution in [1.29, 1.82) is 0 Å². The molecule has 2 nitrogen and oxygen atoms in total. The van der Waals surface area contributed by atoms with Crippen molar-refractivity contribution < 1.29 is 4.39 Å². The van der Waals surface area contributed by atoms with Crippen LogP contribution in [0.25, 0.3) is 0 Å². The molecule has 3 rings (SSSR count). The summed E-state index contributed by atoms with van der Waals surface area (Å²) in [5.41, 5.74) is 2.09. The van der Waals surface area contributed by atoms with Crippen LogP contribution in [0.1, 0.15) is 11.6 Å². The first-order valence-electron chi connectivity index (χ1n) is 6.83. The fourth-order valence-electron chi connectivity index (χ4n) is 2.62. The topological polar surface area (TPSA) is 15.3 Å². The number of piperazine rings is 1. The van der Waals surface area contributed by atoms with Crippen molar-refractivity contribution in [3.8, 4) is 0 Å². The standard InChI is InChI=1S/C16H15Cl2FN2/c17-13-8-12(9-14(18)16(13)19)21-7-6-20-15(10-21)11-4-2-1-3-5-11/h1-5,8-9,15,20H,6-7,10H2. The van der Waals surface area contributed by atoms with Crippen LogP contribution in [0.4, 0.5) is 10.1 Å². The van der Waals surface area contributed by atoms with Crippen LogP contribution in [0.2, 0.25) is 10.0 Å². The van der Waals surface area contributed by atoms with E-state index < -0.39 is 5.82 Å². The second kappa shape index (κ2) is 6.22. The van der Waals surface area contributed by atoms with E-state index in [-0.39, 0.29) is 16.1 Å². The van der Waals surface area contributed by atoms with Crippen LogP contribution in [0.3, 0.4) is 0 Å². The molecule has 1 heterocycles. The Morgan fingerprint density at radius 1 is 1.10 bits per heavy atom. The van der Waals surface area contributed by atoms with Crippen molar-refractivity contribution >= 4 is 28.9 Å². The number of nitrogens with zero attached hydrogens (tertiary/aromatic N) is 1. The molecule has 0 saturated carbocycles. The van der Waals surface area contributed by atoms with Gasteiger partial charge >= 0.3 is 0 Å². The van der Waals surface area contributed by atoms with Gasteiger partial charge in [0.25, 0.3) is 0 Å². The summed E-state index contributed by atoms with van der Waals surface area (Å²) in [6, 6.07) is 13.8. The van der Waals surface area contributed by atoms with Gasteiger partial charge in [-0.1, -0.05) is 53.5 Å². The summed E-state index contributed by atoms with van der Waals surface area (Å²) in [5.74, 6) is -0.558. The third-order valence-corrected chi connectivity index (χ3v) is 4.26. The minimum atomic E-state index is -0.558. The highest BCUT2D eigenvalue weighted by atomic mass is 35.5. The Kier molecular flexibility index (Phi) is 4.34. The van der Waals surface area contributed by atoms with Gasteiger partial charge < -0.3 is 10.2 Å². The Bertz CT molecular complexity index is 610. The molecular weight excluding hydrogens is 310 g/mol. The van der Waals surface area contributed by atoms with Gasteiger partial charge in [0.1, 0.15) is 0 Å². The molecule has 1 N–H and O–H groups in total. The Balaban J connectivity index is 1.83. The van der Waals surface area contributed by atoms with E-state index in [9.17, 15) is 4.39 Å². The van der Waals surface area contributed by atoms with Crippen molar-refractivity contribution in [2.24, 2.45) is 0 Å². The zero-order valence-corrected chi connectivity index (χ0v) is 12.8. The number of halogens is 3. The van der Waals surface area contributed by atoms with Gasteiger partial charge in [-0.25, -0.2) is 4.39 Å². The maximum absolute atomic E-state index is 13.5. The van der Waals surface area contributed by atoms with E-state index in [2.05, 4.69) is 22.3 Å². The van der Waals surface area contributed by atoms with Crippen molar-refractivity contribution in [2.45, 2.75) is 6.04 Å². The number of nitrogens with one attached hydrogen (secondary N) is 1. The molecule has 0 amide bonds. The van der Waals surface area contributed by atoms with E-state index in [4.69, 9.17) is 23.2 Å². The average molecular weight is 325 g/mol. The lowest BCUT2D eigenvalue weighted by Gasteiger charge is -2.35. The van der Waals surface area contributed by atoms with Gasteiger partial charge in [-0.15, -0.1) is 0 Å². The number of hydrogen-bond donors (Lipinski definition) is 1. The highest BCUT2D eigenvalue weighted by Gasteiger charge is 2.22. The van der Waals surface area contributed by atoms with Crippen LogP contribution in [0.5, 0.6) is 0 Å². The molecule has 1 aliphatic rings. The smallest absolute Gasteiger partial charge is 0.160 e. The van der Waals surface area contributed by atoms with Crippen molar-refractivity contribution in [3.05, 3.63) is 63.9 Å². The third-order valence-electron chi connectivity index (χ3n) is 3.71. The van der Waals surface area contributed by atoms with E-state index in [0.29, 0.717) is 0 Å². The lowest BCUT2D eigenvalue weighted by molar-refractivity contribution is 0.472. The van der Waals surface area contributed by atoms with Crippen LogP contribution < -0.4 is 10.2 Å². The van der Waals surface area contributed by atoms with E-state index in [1.165, 1.54) is 5.56 Å². The lowest BCUT2D eigenvalue weighted by Crippen LogP contribution is -2.45. The summed E-state index contributed by atoms with van der Waals surface area (Å²) in [7, 11) is 0. The summed E-state index contributed by atoms with van der Waals surface area (Å²) in [6.07, 6.45) is 0. The van der Waals surface area contributed by atoms with Crippen molar-refractivity contribution in [2.75, 3.05) is 24.5 Å². The van der Waals surface area contributed by atoms with Gasteiger partial charge in [0.2, 0.25) is 0 Å². The molecule has 0 radical (unpaired) electrons. The van der Waals surface area contributed by atoms with Crippen LogP contribution in [0, 0.1) is 5.82 Å². The molecule has 0 aromatic heterocycles. The SMILES string of the molecule is Fc1c(Cl)cc(N2CCNC(c3ccccc3)C2)cc1Cl. The van der Waals surface area contributed by atoms with Gasteiger partial charge in [0, 0.05) is 31.4 Å². The van der Waals surface area contributed by atoms with Crippen LogP contribution >= 0.6 is 23.2 Å². The minimum absolute atomic E-state index is 0.0623. The second-order valence-corrected chi connectivity index (χ2v) is 5.90. The number of benzene rings is 2. The Morgan fingerprint density at radius 3 is 2.43 bits per heavy atom. The van der Waals surface area contributed by atoms with Gasteiger partial charge in [0.15, 0.2) is 5.82 Å². The first-order valence-corrected chi connectivity index (χ1v) is 7.58. The molecule has 1 unspecified atom stereocenters. The van der Waals surface area contributed by atoms with Gasteiger partial charge in [0.05, 0.1) is 10.0 Å². The third kappa shape index (κ3) is 3.15. The molecular formula is C16H15Cl2FN2. The fraction of sp³-hybridized carbons (Fsp3) is 0.250. The number of hydrogen-bond acceptors (Lipinski definition) is 2. The van der Waals surface area contributed by atoms with Crippen molar-refractivity contribution in [3.63, 3.8) is 0 Å². The molecule has 21 heavy (non-hydrogen) atoms. The number of anilines is 1. The summed E-state index contributed by atoms with van der Waals surface area (Å²) >= 11 is 11.8. The lowest BCUT2D eigenvalue weighted by atomic mass is 10.0. The van der Waals surface area contributed by atoms with Gasteiger partial charge in [-0.05, 0) is 17.7 Å². The quantitative estimate of drug-likeness (QED) is 0.829. The van der Waals surface area contributed by atoms with E-state index in [1.54, 1.807) is 12.1 Å². The summed E-state index contributed by atoms with van der Waals surface area (Å²) in [5, 5.41) is 3.62. The fourth-order valence-corrected chi connectivity index (χ4v) is 3.09. The molecule has 1 atom stereocenters. The van der Waals surface area contributed by atoms with E-state index in [1.807, 2.05) is 18.2 Å². The van der Waals surface area contributed by atoms with Crippen molar-refractivity contribution in [1.82, 2.24) is 5.32 Å². The zero-order chi connectivity index (χ0) is 14.8. The molecule has 2 aromatic rings. The summed E-state index contributed by atoms with van der Waals surface area (Å²) < 4.78 is 13.5. The highest BCUT2D eigenvalue weighted by molar-refractivity contribution is 6.35. The molecule has 5 heteroatoms. The van der Waals surface area contributed by atoms with Crippen LogP contribution in [0.15, 0.2) is 42.5 Å². The molecule has 0 bridgehead atoms. The van der Waals surface area contributed by atoms with Gasteiger partial charge in [-0.2, -0.15) is 0 Å². The molecule has 110 valence electrons. The second-order valence-electron chi connectivity index (χ2n) is 5.09. The molecule has 2 aromatic carbocycles. The molecule has 0 spiro atoms. The summed E-state index contributed by atoms with van der Waals surface area (Å²) in [6.45, 7) is 2.48. The monoisotopic (exact) mass is 324 g/mol. The molecule has 1 saturated heterocycles. The first kappa shape index (κ1) is 14.6. The van der Waals surface area contributed by atoms with Crippen LogP contribution in [-0.4, -0.2) is 19.6 Å².